The molecule has 0 heterocycles. The maximum Gasteiger partial charge on any atom is 0.148 e. The molecule has 0 saturated carbocycles. The van der Waals surface area contributed by atoms with Crippen molar-refractivity contribution in [1.29, 1.82) is 0 Å². The van der Waals surface area contributed by atoms with Crippen LogP contribution in [0.1, 0.15) is 24.5 Å². The summed E-state index contributed by atoms with van der Waals surface area (Å²) in [4.78, 5) is 0.414. The number of hydrogen-bond acceptors (Lipinski definition) is 2. The van der Waals surface area contributed by atoms with Gasteiger partial charge in [0.05, 0.1) is 0 Å². The van der Waals surface area contributed by atoms with E-state index in [0.717, 1.165) is 17.7 Å². The van der Waals surface area contributed by atoms with Crippen molar-refractivity contribution < 1.29 is 4.74 Å². The average molecular weight is 223 g/mol. The molecule has 1 atom stereocenters. The highest BCUT2D eigenvalue weighted by atomic mass is 32.1. The van der Waals surface area contributed by atoms with Gasteiger partial charge in [0.25, 0.3) is 0 Å². The van der Waals surface area contributed by atoms with Crippen molar-refractivity contribution in [3.05, 3.63) is 29.3 Å². The zero-order valence-electron chi connectivity index (χ0n) is 9.41. The molecule has 1 rings (SSSR count). The number of rotatable bonds is 4. The van der Waals surface area contributed by atoms with Crippen LogP contribution in [0.4, 0.5) is 0 Å². The van der Waals surface area contributed by atoms with E-state index in [4.69, 9.17) is 22.7 Å². The van der Waals surface area contributed by atoms with Gasteiger partial charge < -0.3 is 10.5 Å². The average Bonchev–Trinajstić information content (AvgIpc) is 2.16. The van der Waals surface area contributed by atoms with Gasteiger partial charge in [0.15, 0.2) is 0 Å². The number of ether oxygens (including phenoxy) is 1. The Morgan fingerprint density at radius 1 is 1.47 bits per heavy atom. The Hall–Kier alpha value is -1.09. The fourth-order valence-corrected chi connectivity index (χ4v) is 1.64. The number of benzene rings is 1. The summed E-state index contributed by atoms with van der Waals surface area (Å²) in [6.45, 7) is 6.09. The van der Waals surface area contributed by atoms with Gasteiger partial charge in [-0.15, -0.1) is 0 Å². The number of aryl methyl sites for hydroxylation is 2. The molecule has 0 aliphatic heterocycles. The number of nitrogens with two attached hydrogens (primary N) is 1. The van der Waals surface area contributed by atoms with Crippen molar-refractivity contribution in [2.75, 3.05) is 0 Å². The van der Waals surface area contributed by atoms with E-state index in [-0.39, 0.29) is 6.10 Å². The second-order valence-electron chi connectivity index (χ2n) is 3.69. The molecule has 3 heteroatoms. The predicted octanol–water partition coefficient (Wildman–Crippen LogP) is 2.75. The molecule has 0 spiro atoms. The molecule has 0 saturated heterocycles. The monoisotopic (exact) mass is 223 g/mol. The maximum atomic E-state index is 5.74. The van der Waals surface area contributed by atoms with Crippen LogP contribution >= 0.6 is 12.2 Å². The topological polar surface area (TPSA) is 35.2 Å². The van der Waals surface area contributed by atoms with Crippen LogP contribution in [0.25, 0.3) is 0 Å². The molecule has 0 radical (unpaired) electrons. The third-order valence-electron chi connectivity index (χ3n) is 2.29. The maximum absolute atomic E-state index is 5.74. The fourth-order valence-electron chi connectivity index (χ4n) is 1.43. The van der Waals surface area contributed by atoms with Crippen molar-refractivity contribution in [3.8, 4) is 5.75 Å². The van der Waals surface area contributed by atoms with E-state index in [1.165, 1.54) is 5.56 Å². The summed E-state index contributed by atoms with van der Waals surface area (Å²) in [6, 6.07) is 6.07. The van der Waals surface area contributed by atoms with Crippen LogP contribution in [0.3, 0.4) is 0 Å². The third-order valence-corrected chi connectivity index (χ3v) is 2.55. The number of hydrogen-bond donors (Lipinski definition) is 1. The molecule has 82 valence electrons. The summed E-state index contributed by atoms with van der Waals surface area (Å²) in [5, 5.41) is 0. The molecule has 0 amide bonds. The lowest BCUT2D eigenvalue weighted by atomic mass is 10.1. The lowest BCUT2D eigenvalue weighted by Crippen LogP contribution is -2.31. The molecular formula is C12H17NOS. The van der Waals surface area contributed by atoms with E-state index >= 15 is 0 Å². The molecule has 0 aliphatic carbocycles. The van der Waals surface area contributed by atoms with Gasteiger partial charge in [0, 0.05) is 0 Å². The van der Waals surface area contributed by atoms with Crippen molar-refractivity contribution in [2.45, 2.75) is 33.3 Å². The van der Waals surface area contributed by atoms with Gasteiger partial charge in [0.1, 0.15) is 16.8 Å². The van der Waals surface area contributed by atoms with Crippen molar-refractivity contribution >= 4 is 17.2 Å². The quantitative estimate of drug-likeness (QED) is 0.797. The first-order valence-corrected chi connectivity index (χ1v) is 5.48. The van der Waals surface area contributed by atoms with Crippen LogP contribution in [0.2, 0.25) is 0 Å². The summed E-state index contributed by atoms with van der Waals surface area (Å²) >= 11 is 4.94. The molecule has 15 heavy (non-hydrogen) atoms. The fraction of sp³-hybridized carbons (Fsp3) is 0.417. The smallest absolute Gasteiger partial charge is 0.148 e. The Morgan fingerprint density at radius 2 is 2.13 bits per heavy atom. The van der Waals surface area contributed by atoms with Gasteiger partial charge in [0.2, 0.25) is 0 Å². The van der Waals surface area contributed by atoms with E-state index in [1.807, 2.05) is 26.0 Å². The molecular weight excluding hydrogens is 206 g/mol. The standard InChI is InChI=1S/C12H17NOS/c1-4-10(12(13)15)14-11-6-5-8(2)7-9(11)3/h5-7,10H,4H2,1-3H3,(H2,13,15). The first-order chi connectivity index (χ1) is 7.04. The SMILES string of the molecule is CCC(Oc1ccc(C)cc1C)C(N)=S. The summed E-state index contributed by atoms with van der Waals surface area (Å²) in [5.74, 6) is 0.861. The van der Waals surface area contributed by atoms with Gasteiger partial charge in [-0.3, -0.25) is 0 Å². The van der Waals surface area contributed by atoms with Gasteiger partial charge in [-0.2, -0.15) is 0 Å². The number of thiocarbonyl (C=S) groups is 1. The first kappa shape index (κ1) is 12.0. The van der Waals surface area contributed by atoms with Crippen LogP contribution in [0.15, 0.2) is 18.2 Å². The van der Waals surface area contributed by atoms with Crippen LogP contribution in [-0.2, 0) is 0 Å². The Labute approximate surface area is 96.4 Å². The normalized spacial score (nSPS) is 12.2. The van der Waals surface area contributed by atoms with Gasteiger partial charge >= 0.3 is 0 Å². The van der Waals surface area contributed by atoms with E-state index in [0.29, 0.717) is 4.99 Å². The Kier molecular flexibility index (Phi) is 4.09. The largest absolute Gasteiger partial charge is 0.483 e. The lowest BCUT2D eigenvalue weighted by molar-refractivity contribution is 0.262. The summed E-state index contributed by atoms with van der Waals surface area (Å²) in [5.41, 5.74) is 7.92. The first-order valence-electron chi connectivity index (χ1n) is 5.07. The van der Waals surface area contributed by atoms with Gasteiger partial charge in [-0.05, 0) is 31.9 Å². The summed E-state index contributed by atoms with van der Waals surface area (Å²) in [6.07, 6.45) is 0.629. The van der Waals surface area contributed by atoms with Gasteiger partial charge in [-0.25, -0.2) is 0 Å². The lowest BCUT2D eigenvalue weighted by Gasteiger charge is -2.17. The highest BCUT2D eigenvalue weighted by Gasteiger charge is 2.12. The molecule has 1 aromatic carbocycles. The third kappa shape index (κ3) is 3.20. The van der Waals surface area contributed by atoms with E-state index in [9.17, 15) is 0 Å². The summed E-state index contributed by atoms with van der Waals surface area (Å²) in [7, 11) is 0. The predicted molar refractivity (Wildman–Crippen MR) is 67.4 cm³/mol. The highest BCUT2D eigenvalue weighted by molar-refractivity contribution is 7.80. The van der Waals surface area contributed by atoms with E-state index in [1.54, 1.807) is 0 Å². The van der Waals surface area contributed by atoms with Crippen molar-refractivity contribution in [1.82, 2.24) is 0 Å². The zero-order valence-corrected chi connectivity index (χ0v) is 10.2. The molecule has 0 bridgehead atoms. The van der Waals surface area contributed by atoms with E-state index in [2.05, 4.69) is 13.0 Å². The van der Waals surface area contributed by atoms with Crippen LogP contribution in [0, 0.1) is 13.8 Å². The Morgan fingerprint density at radius 3 is 2.60 bits per heavy atom. The molecule has 2 N–H and O–H groups in total. The van der Waals surface area contributed by atoms with Crippen LogP contribution < -0.4 is 10.5 Å². The zero-order chi connectivity index (χ0) is 11.4. The molecule has 0 fully saturated rings. The minimum atomic E-state index is -0.165. The van der Waals surface area contributed by atoms with Crippen LogP contribution in [-0.4, -0.2) is 11.1 Å². The van der Waals surface area contributed by atoms with E-state index < -0.39 is 0 Å². The second kappa shape index (κ2) is 5.12. The molecule has 1 aromatic rings. The minimum absolute atomic E-state index is 0.165. The molecule has 0 aliphatic rings. The Balaban J connectivity index is 2.84. The Bertz CT molecular complexity index is 363. The van der Waals surface area contributed by atoms with Crippen molar-refractivity contribution in [2.24, 2.45) is 5.73 Å². The van der Waals surface area contributed by atoms with Gasteiger partial charge in [-0.1, -0.05) is 36.8 Å². The van der Waals surface area contributed by atoms with Crippen LogP contribution in [0.5, 0.6) is 5.75 Å². The minimum Gasteiger partial charge on any atom is -0.483 e. The second-order valence-corrected chi connectivity index (χ2v) is 4.16. The summed E-state index contributed by atoms with van der Waals surface area (Å²) < 4.78 is 5.74. The molecule has 0 aromatic heterocycles. The van der Waals surface area contributed by atoms with Crippen molar-refractivity contribution in [3.63, 3.8) is 0 Å². The highest BCUT2D eigenvalue weighted by Crippen LogP contribution is 2.20. The molecule has 1 unspecified atom stereocenters. The molecule has 2 nitrogen and oxygen atoms in total.